The number of nitrogens with zero attached hydrogens (tertiary/aromatic N) is 2. The van der Waals surface area contributed by atoms with E-state index in [-0.39, 0.29) is 23.9 Å². The molecule has 4 atom stereocenters. The Labute approximate surface area is 213 Å². The van der Waals surface area contributed by atoms with E-state index in [9.17, 15) is 19.6 Å². The molecule has 0 bridgehead atoms. The number of benzene rings is 2. The Kier molecular flexibility index (Phi) is 6.44. The van der Waals surface area contributed by atoms with E-state index in [4.69, 9.17) is 15.2 Å². The van der Waals surface area contributed by atoms with Crippen molar-refractivity contribution in [2.75, 3.05) is 13.7 Å². The van der Waals surface area contributed by atoms with Crippen LogP contribution in [0.4, 0.5) is 0 Å². The molecule has 2 aliphatic rings. The lowest BCUT2D eigenvalue weighted by Gasteiger charge is -2.27. The standard InChI is InChI=1S/C27H27N5O5/c1-36-22-8-4-6-19-18(22)13-20(25(29)33)32(19)24(23-12-15-5-2-3-7-21(15)37-23)27(35)31-17(14-28)11-16-9-10-30-26(16)34/h2-8,13,16-17,23-24H,9-12H2,1H3,(H2,29,33)(H,30,34)(H,31,35)/t16-,17-,23-,24-/m0/s1. The number of amides is 3. The van der Waals surface area contributed by atoms with Crippen molar-refractivity contribution >= 4 is 28.6 Å². The molecule has 4 N–H and O–H groups in total. The van der Waals surface area contributed by atoms with Gasteiger partial charge in [-0.2, -0.15) is 5.26 Å². The third kappa shape index (κ3) is 4.44. The molecule has 3 aromatic rings. The maximum absolute atomic E-state index is 13.9. The fourth-order valence-corrected chi connectivity index (χ4v) is 5.28. The van der Waals surface area contributed by atoms with E-state index >= 15 is 0 Å². The molecular formula is C27H27N5O5. The predicted octanol–water partition coefficient (Wildman–Crippen LogP) is 1.83. The van der Waals surface area contributed by atoms with Crippen LogP contribution >= 0.6 is 0 Å². The molecule has 190 valence electrons. The van der Waals surface area contributed by atoms with Crippen LogP contribution in [0.5, 0.6) is 11.5 Å². The van der Waals surface area contributed by atoms with Gasteiger partial charge < -0.3 is 30.4 Å². The first-order chi connectivity index (χ1) is 17.9. The van der Waals surface area contributed by atoms with Gasteiger partial charge in [-0.05, 0) is 42.7 Å². The number of hydrogen-bond donors (Lipinski definition) is 3. The summed E-state index contributed by atoms with van der Waals surface area (Å²) in [6.45, 7) is 0.547. The van der Waals surface area contributed by atoms with Crippen LogP contribution in [0.25, 0.3) is 10.9 Å². The SMILES string of the molecule is COc1cccc2c1cc(C(N)=O)n2[C@H](C(=O)N[C@H](C#N)C[C@@H]1CCNC1=O)[C@@H]1Cc2ccccc2O1. The summed E-state index contributed by atoms with van der Waals surface area (Å²) in [4.78, 5) is 38.6. The first-order valence-corrected chi connectivity index (χ1v) is 12.1. The van der Waals surface area contributed by atoms with Gasteiger partial charge >= 0.3 is 0 Å². The Morgan fingerprint density at radius 1 is 1.30 bits per heavy atom. The lowest BCUT2D eigenvalue weighted by molar-refractivity contribution is -0.128. The number of methoxy groups -OCH3 is 1. The molecule has 0 unspecified atom stereocenters. The quantitative estimate of drug-likeness (QED) is 0.429. The van der Waals surface area contributed by atoms with E-state index in [1.807, 2.05) is 24.3 Å². The van der Waals surface area contributed by atoms with Gasteiger partial charge in [0.2, 0.25) is 11.8 Å². The summed E-state index contributed by atoms with van der Waals surface area (Å²) in [6, 6.07) is 14.6. The molecule has 2 aromatic carbocycles. The van der Waals surface area contributed by atoms with Gasteiger partial charge in [-0.25, -0.2) is 0 Å². The second-order valence-electron chi connectivity index (χ2n) is 9.27. The summed E-state index contributed by atoms with van der Waals surface area (Å²) in [5, 5.41) is 16.0. The largest absolute Gasteiger partial charge is 0.496 e. The van der Waals surface area contributed by atoms with Crippen LogP contribution in [-0.2, 0) is 16.0 Å². The number of primary amides is 1. The number of ether oxygens (including phenoxy) is 2. The number of fused-ring (bicyclic) bond motifs is 2. The van der Waals surface area contributed by atoms with Gasteiger partial charge in [0, 0.05) is 24.3 Å². The molecule has 0 spiro atoms. The van der Waals surface area contributed by atoms with Gasteiger partial charge in [0.1, 0.15) is 35.4 Å². The number of nitrogens with two attached hydrogens (primary N) is 1. The second kappa shape index (κ2) is 9.85. The molecule has 5 rings (SSSR count). The maximum Gasteiger partial charge on any atom is 0.265 e. The lowest BCUT2D eigenvalue weighted by atomic mass is 9.98. The second-order valence-corrected chi connectivity index (χ2v) is 9.27. The van der Waals surface area contributed by atoms with Gasteiger partial charge in [-0.1, -0.05) is 24.3 Å². The van der Waals surface area contributed by atoms with E-state index in [0.717, 1.165) is 5.56 Å². The van der Waals surface area contributed by atoms with Crippen molar-refractivity contribution < 1.29 is 23.9 Å². The molecular weight excluding hydrogens is 474 g/mol. The van der Waals surface area contributed by atoms with Crippen LogP contribution in [0.1, 0.15) is 34.9 Å². The number of carbonyl (C=O) groups excluding carboxylic acids is 3. The number of para-hydroxylation sites is 1. The summed E-state index contributed by atoms with van der Waals surface area (Å²) in [6.07, 6.45) is 0.533. The minimum atomic E-state index is -1.03. The topological polar surface area (TPSA) is 148 Å². The van der Waals surface area contributed by atoms with Crippen LogP contribution in [0.3, 0.4) is 0 Å². The molecule has 1 aromatic heterocycles. The van der Waals surface area contributed by atoms with Gasteiger partial charge in [0.15, 0.2) is 0 Å². The number of nitrogens with one attached hydrogen (secondary N) is 2. The van der Waals surface area contributed by atoms with Gasteiger partial charge in [-0.15, -0.1) is 0 Å². The first kappa shape index (κ1) is 24.2. The van der Waals surface area contributed by atoms with E-state index in [1.54, 1.807) is 28.8 Å². The Balaban J connectivity index is 1.56. The monoisotopic (exact) mass is 501 g/mol. The van der Waals surface area contributed by atoms with Gasteiger partial charge in [-0.3, -0.25) is 14.4 Å². The molecule has 3 heterocycles. The average molecular weight is 502 g/mol. The lowest BCUT2D eigenvalue weighted by Crippen LogP contribution is -2.46. The van der Waals surface area contributed by atoms with Crippen LogP contribution in [-0.4, -0.2) is 48.1 Å². The normalized spacial score (nSPS) is 19.8. The summed E-state index contributed by atoms with van der Waals surface area (Å²) in [5.74, 6) is -0.528. The maximum atomic E-state index is 13.9. The van der Waals surface area contributed by atoms with Crippen molar-refractivity contribution in [1.82, 2.24) is 15.2 Å². The molecule has 0 aliphatic carbocycles. The zero-order valence-corrected chi connectivity index (χ0v) is 20.3. The number of carbonyl (C=O) groups is 3. The third-order valence-electron chi connectivity index (χ3n) is 7.04. The summed E-state index contributed by atoms with van der Waals surface area (Å²) in [7, 11) is 1.52. The van der Waals surface area contributed by atoms with Crippen molar-refractivity contribution in [1.29, 1.82) is 5.26 Å². The zero-order chi connectivity index (χ0) is 26.1. The van der Waals surface area contributed by atoms with Crippen molar-refractivity contribution in [3.05, 3.63) is 59.8 Å². The summed E-state index contributed by atoms with van der Waals surface area (Å²) >= 11 is 0. The predicted molar refractivity (Wildman–Crippen MR) is 134 cm³/mol. The van der Waals surface area contributed by atoms with Crippen LogP contribution in [0, 0.1) is 17.2 Å². The van der Waals surface area contributed by atoms with E-state index in [1.165, 1.54) is 7.11 Å². The zero-order valence-electron chi connectivity index (χ0n) is 20.3. The number of rotatable bonds is 8. The molecule has 0 radical (unpaired) electrons. The van der Waals surface area contributed by atoms with Gasteiger partial charge in [0.05, 0.1) is 18.7 Å². The van der Waals surface area contributed by atoms with Crippen LogP contribution in [0.2, 0.25) is 0 Å². The number of aromatic nitrogens is 1. The Bertz CT molecular complexity index is 1400. The number of hydrogen-bond acceptors (Lipinski definition) is 6. The third-order valence-corrected chi connectivity index (χ3v) is 7.04. The van der Waals surface area contributed by atoms with Crippen LogP contribution < -0.4 is 25.8 Å². The molecule has 3 amide bonds. The highest BCUT2D eigenvalue weighted by Gasteiger charge is 2.40. The van der Waals surface area contributed by atoms with Crippen molar-refractivity contribution in [3.63, 3.8) is 0 Å². The highest BCUT2D eigenvalue weighted by atomic mass is 16.5. The number of nitriles is 1. The Morgan fingerprint density at radius 2 is 2.11 bits per heavy atom. The molecule has 0 saturated carbocycles. The molecule has 2 aliphatic heterocycles. The highest BCUT2D eigenvalue weighted by molar-refractivity contribution is 6.01. The van der Waals surface area contributed by atoms with E-state index < -0.39 is 30.0 Å². The fourth-order valence-electron chi connectivity index (χ4n) is 5.28. The van der Waals surface area contributed by atoms with E-state index in [2.05, 4.69) is 16.7 Å². The van der Waals surface area contributed by atoms with Crippen LogP contribution in [0.15, 0.2) is 48.5 Å². The van der Waals surface area contributed by atoms with Crippen molar-refractivity contribution in [2.24, 2.45) is 11.7 Å². The Morgan fingerprint density at radius 3 is 2.78 bits per heavy atom. The molecule has 1 fully saturated rings. The first-order valence-electron chi connectivity index (χ1n) is 12.1. The van der Waals surface area contributed by atoms with Crippen molar-refractivity contribution in [3.8, 4) is 17.6 Å². The summed E-state index contributed by atoms with van der Waals surface area (Å²) < 4.78 is 13.3. The molecule has 37 heavy (non-hydrogen) atoms. The van der Waals surface area contributed by atoms with Crippen molar-refractivity contribution in [2.45, 2.75) is 37.5 Å². The molecule has 1 saturated heterocycles. The minimum absolute atomic E-state index is 0.114. The molecule has 10 heteroatoms. The Hall–Kier alpha value is -4.52. The highest BCUT2D eigenvalue weighted by Crippen LogP contribution is 2.38. The summed E-state index contributed by atoms with van der Waals surface area (Å²) in [5.41, 5.74) is 7.38. The van der Waals surface area contributed by atoms with Gasteiger partial charge in [0.25, 0.3) is 5.91 Å². The smallest absolute Gasteiger partial charge is 0.265 e. The fraction of sp³-hybridized carbons (Fsp3) is 0.333. The molecule has 10 nitrogen and oxygen atoms in total. The average Bonchev–Trinajstić information content (AvgIpc) is 3.61. The van der Waals surface area contributed by atoms with E-state index in [0.29, 0.717) is 41.8 Å². The minimum Gasteiger partial charge on any atom is -0.496 e.